The van der Waals surface area contributed by atoms with Gasteiger partial charge in [0.05, 0.1) is 17.0 Å². The first-order valence-corrected chi connectivity index (χ1v) is 13.1. The van der Waals surface area contributed by atoms with Crippen molar-refractivity contribution in [3.63, 3.8) is 0 Å². The lowest BCUT2D eigenvalue weighted by atomic mass is 9.90. The third-order valence-corrected chi connectivity index (χ3v) is 7.40. The molecule has 0 saturated heterocycles. The van der Waals surface area contributed by atoms with Gasteiger partial charge in [0.25, 0.3) is 12.0 Å². The van der Waals surface area contributed by atoms with Gasteiger partial charge in [0.2, 0.25) is 0 Å². The van der Waals surface area contributed by atoms with E-state index in [2.05, 4.69) is 21.9 Å². The van der Waals surface area contributed by atoms with Crippen LogP contribution in [-0.4, -0.2) is 26.5 Å². The normalized spacial score (nSPS) is 13.8. The molecule has 6 nitrogen and oxygen atoms in total. The number of aryl methyl sites for hydroxylation is 1. The fourth-order valence-electron chi connectivity index (χ4n) is 5.07. The molecule has 0 aliphatic carbocycles. The Morgan fingerprint density at radius 3 is 2.30 bits per heavy atom. The summed E-state index contributed by atoms with van der Waals surface area (Å²) in [7, 11) is 1.65. The number of pyridine rings is 1. The van der Waals surface area contributed by atoms with Gasteiger partial charge in [-0.25, -0.2) is 36.5 Å². The van der Waals surface area contributed by atoms with E-state index in [1.54, 1.807) is 24.9 Å². The molecule has 0 fully saturated rings. The second-order valence-corrected chi connectivity index (χ2v) is 10.1. The van der Waals surface area contributed by atoms with Gasteiger partial charge in [-0.2, -0.15) is 8.78 Å². The number of rotatable bonds is 7. The number of hydrogen-bond donors (Lipinski definition) is 1. The molecule has 1 aliphatic heterocycles. The van der Waals surface area contributed by atoms with Gasteiger partial charge in [-0.15, -0.1) is 0 Å². The number of alkyl halides is 4. The smallest absolute Gasteiger partial charge is 0.321 e. The Morgan fingerprint density at radius 1 is 0.977 bits per heavy atom. The number of halogens is 7. The van der Waals surface area contributed by atoms with Crippen LogP contribution >= 0.6 is 0 Å². The Bertz CT molecular complexity index is 1870. The molecule has 2 aromatic heterocycles. The first-order chi connectivity index (χ1) is 20.8. The number of anilines is 1. The number of nitrogens with zero attached hydrogens (tertiary/aromatic N) is 4. The highest BCUT2D eigenvalue weighted by Crippen LogP contribution is 2.41. The molecule has 0 amide bonds. The minimum atomic E-state index is -3.32. The van der Waals surface area contributed by atoms with E-state index in [4.69, 9.17) is 0 Å². The Hall–Kier alpha value is -4.94. The van der Waals surface area contributed by atoms with Crippen molar-refractivity contribution in [1.82, 2.24) is 19.4 Å². The van der Waals surface area contributed by atoms with Crippen molar-refractivity contribution in [3.8, 4) is 11.5 Å². The van der Waals surface area contributed by atoms with E-state index in [-0.39, 0.29) is 22.8 Å². The summed E-state index contributed by atoms with van der Waals surface area (Å²) in [5.74, 6) is -3.88. The van der Waals surface area contributed by atoms with Crippen molar-refractivity contribution in [2.45, 2.75) is 32.9 Å². The van der Waals surface area contributed by atoms with E-state index in [1.165, 1.54) is 43.6 Å². The lowest BCUT2D eigenvalue weighted by Crippen LogP contribution is -2.25. The van der Waals surface area contributed by atoms with Gasteiger partial charge >= 0.3 is 6.55 Å². The molecular weight excluding hydrogens is 591 g/mol. The van der Waals surface area contributed by atoms with E-state index in [0.29, 0.717) is 44.3 Å². The predicted molar refractivity (Wildman–Crippen MR) is 152 cm³/mol. The number of hydrogen-bond acceptors (Lipinski definition) is 5. The fourth-order valence-corrected chi connectivity index (χ4v) is 5.07. The maximum absolute atomic E-state index is 14.8. The Balaban J connectivity index is 1.57. The lowest BCUT2D eigenvalue weighted by Gasteiger charge is -2.32. The zero-order valence-electron chi connectivity index (χ0n) is 23.5. The highest BCUT2D eigenvalue weighted by atomic mass is 19.3. The summed E-state index contributed by atoms with van der Waals surface area (Å²) in [4.78, 5) is 22.4. The topological polar surface area (TPSA) is 63.1 Å². The summed E-state index contributed by atoms with van der Waals surface area (Å²) < 4.78 is 97.7. The quantitative estimate of drug-likeness (QED) is 0.214. The minimum absolute atomic E-state index is 0.119. The summed E-state index contributed by atoms with van der Waals surface area (Å²) in [6.45, 7) is 3.89. The molecule has 3 heterocycles. The standard InChI is InChI=1S/C31H24F7N5O/c1-14-5-8-24(43(30(14)44)31(37)38)29-39-12-17(13-40-29)25-11-21-19(9-18(32)10-20(21)16(3)42(25)4)15(2)41-23-7-6-22(33)27(34)26(23)28(35)36/h5-13,15,28,31,41H,3H2,1-2,4H3/t15-/m1/s1. The average Bonchev–Trinajstić information content (AvgIpc) is 2.97. The Morgan fingerprint density at radius 2 is 1.66 bits per heavy atom. The van der Waals surface area contributed by atoms with E-state index in [1.807, 2.05) is 0 Å². The van der Waals surface area contributed by atoms with Crippen molar-refractivity contribution in [1.29, 1.82) is 0 Å². The third kappa shape index (κ3) is 5.33. The predicted octanol–water partition coefficient (Wildman–Crippen LogP) is 7.95. The maximum atomic E-state index is 14.8. The third-order valence-electron chi connectivity index (χ3n) is 7.40. The maximum Gasteiger partial charge on any atom is 0.321 e. The van der Waals surface area contributed by atoms with Crippen LogP contribution < -0.4 is 10.9 Å². The average molecular weight is 616 g/mol. The van der Waals surface area contributed by atoms with Gasteiger partial charge < -0.3 is 10.2 Å². The molecule has 5 rings (SSSR count). The number of fused-ring (bicyclic) bond motifs is 1. The van der Waals surface area contributed by atoms with Crippen LogP contribution in [0.25, 0.3) is 29.0 Å². The second-order valence-electron chi connectivity index (χ2n) is 10.1. The molecular formula is C31H24F7N5O. The van der Waals surface area contributed by atoms with Gasteiger partial charge in [-0.05, 0) is 61.4 Å². The fraction of sp³-hybridized carbons (Fsp3) is 0.194. The van der Waals surface area contributed by atoms with Crippen molar-refractivity contribution in [2.24, 2.45) is 0 Å². The van der Waals surface area contributed by atoms with Crippen LogP contribution in [-0.2, 0) is 0 Å². The zero-order chi connectivity index (χ0) is 32.0. The first-order valence-electron chi connectivity index (χ1n) is 13.1. The molecule has 228 valence electrons. The van der Waals surface area contributed by atoms with E-state index in [0.717, 1.165) is 6.07 Å². The molecule has 0 radical (unpaired) electrons. The molecule has 1 aliphatic rings. The van der Waals surface area contributed by atoms with Crippen LogP contribution in [0.5, 0.6) is 0 Å². The summed E-state index contributed by atoms with van der Waals surface area (Å²) in [6.07, 6.45) is 1.07. The van der Waals surface area contributed by atoms with Gasteiger partial charge in [-0.3, -0.25) is 4.79 Å². The first kappa shape index (κ1) is 30.5. The molecule has 0 unspecified atom stereocenters. The van der Waals surface area contributed by atoms with Gasteiger partial charge in [0, 0.05) is 53.6 Å². The van der Waals surface area contributed by atoms with Crippen LogP contribution in [0.2, 0.25) is 0 Å². The van der Waals surface area contributed by atoms with Crippen LogP contribution in [0.15, 0.2) is 60.2 Å². The molecule has 0 saturated carbocycles. The largest absolute Gasteiger partial charge is 0.378 e. The lowest BCUT2D eigenvalue weighted by molar-refractivity contribution is 0.0678. The van der Waals surface area contributed by atoms with Crippen molar-refractivity contribution >= 4 is 23.2 Å². The second kappa shape index (κ2) is 11.6. The molecule has 44 heavy (non-hydrogen) atoms. The molecule has 2 aromatic carbocycles. The SMILES string of the molecule is C=C1c2cc(F)cc([C@@H](C)Nc3ccc(F)c(F)c3C(F)F)c2C=C(c2cnc(-c3ccc(C)c(=O)n3C(F)F)nc2)N1C. The number of nitrogens with one attached hydrogen (secondary N) is 1. The summed E-state index contributed by atoms with van der Waals surface area (Å²) in [5.41, 5.74) is -0.0351. The molecule has 1 N–H and O–H groups in total. The van der Waals surface area contributed by atoms with Crippen LogP contribution in [0.1, 0.15) is 59.3 Å². The summed E-state index contributed by atoms with van der Waals surface area (Å²) in [6, 6.07) is 5.98. The molecule has 1 atom stereocenters. The van der Waals surface area contributed by atoms with Crippen molar-refractivity contribution in [2.75, 3.05) is 12.4 Å². The van der Waals surface area contributed by atoms with E-state index < -0.39 is 47.6 Å². The van der Waals surface area contributed by atoms with Crippen molar-refractivity contribution in [3.05, 3.63) is 117 Å². The highest BCUT2D eigenvalue weighted by molar-refractivity contribution is 5.94. The van der Waals surface area contributed by atoms with Gasteiger partial charge in [0.15, 0.2) is 17.5 Å². The van der Waals surface area contributed by atoms with Crippen LogP contribution in [0.4, 0.5) is 36.4 Å². The molecule has 0 bridgehead atoms. The molecule has 0 spiro atoms. The number of aromatic nitrogens is 3. The molecule has 13 heteroatoms. The monoisotopic (exact) mass is 615 g/mol. The zero-order valence-corrected chi connectivity index (χ0v) is 23.5. The summed E-state index contributed by atoms with van der Waals surface area (Å²) >= 11 is 0. The van der Waals surface area contributed by atoms with Gasteiger partial charge in [-0.1, -0.05) is 12.6 Å². The van der Waals surface area contributed by atoms with Crippen molar-refractivity contribution < 1.29 is 30.7 Å². The van der Waals surface area contributed by atoms with Crippen LogP contribution in [0, 0.1) is 24.4 Å². The summed E-state index contributed by atoms with van der Waals surface area (Å²) in [5, 5.41) is 2.74. The van der Waals surface area contributed by atoms with Crippen LogP contribution in [0.3, 0.4) is 0 Å². The number of benzene rings is 2. The molecule has 4 aromatic rings. The van der Waals surface area contributed by atoms with E-state index >= 15 is 0 Å². The van der Waals surface area contributed by atoms with Gasteiger partial charge in [0.1, 0.15) is 5.82 Å². The minimum Gasteiger partial charge on any atom is -0.378 e. The highest BCUT2D eigenvalue weighted by Gasteiger charge is 2.28. The Labute approximate surface area is 246 Å². The van der Waals surface area contributed by atoms with E-state index in [9.17, 15) is 35.5 Å². The Kier molecular flexibility index (Phi) is 8.06.